The van der Waals surface area contributed by atoms with Crippen molar-refractivity contribution in [1.29, 1.82) is 0 Å². The molecule has 2 amide bonds. The van der Waals surface area contributed by atoms with Crippen molar-refractivity contribution in [3.8, 4) is 0 Å². The zero-order valence-corrected chi connectivity index (χ0v) is 12.5. The van der Waals surface area contributed by atoms with E-state index < -0.39 is 11.5 Å². The van der Waals surface area contributed by atoms with Crippen LogP contribution in [0.4, 0.5) is 4.79 Å². The van der Waals surface area contributed by atoms with Crippen molar-refractivity contribution in [2.45, 2.75) is 43.7 Å². The third-order valence-corrected chi connectivity index (χ3v) is 4.57. The second kappa shape index (κ2) is 5.38. The summed E-state index contributed by atoms with van der Waals surface area (Å²) in [5.74, 6) is -0.995. The van der Waals surface area contributed by atoms with Gasteiger partial charge in [-0.25, -0.2) is 9.59 Å². The van der Waals surface area contributed by atoms with Crippen molar-refractivity contribution in [1.82, 2.24) is 9.80 Å². The normalized spacial score (nSPS) is 24.8. The summed E-state index contributed by atoms with van der Waals surface area (Å²) in [7, 11) is 1.55. The molecule has 0 saturated carbocycles. The van der Waals surface area contributed by atoms with Crippen LogP contribution in [0.5, 0.6) is 0 Å². The third kappa shape index (κ3) is 3.10. The van der Waals surface area contributed by atoms with E-state index in [9.17, 15) is 9.59 Å². The fourth-order valence-corrected chi connectivity index (χ4v) is 3.25. The first-order chi connectivity index (χ1) is 8.16. The van der Waals surface area contributed by atoms with E-state index >= 15 is 0 Å². The summed E-state index contributed by atoms with van der Waals surface area (Å²) in [4.78, 5) is 26.5. The average Bonchev–Trinajstić information content (AvgIpc) is 2.25. The second-order valence-corrected chi connectivity index (χ2v) is 7.25. The lowest BCUT2D eigenvalue weighted by atomic mass is 10.0. The van der Waals surface area contributed by atoms with Gasteiger partial charge in [-0.3, -0.25) is 0 Å². The Hall–Kier alpha value is -0.910. The Bertz CT molecular complexity index is 336. The number of amides is 2. The molecule has 1 heterocycles. The van der Waals surface area contributed by atoms with Gasteiger partial charge < -0.3 is 14.9 Å². The SMILES string of the molecule is CC1CN(C(=O)N(C)C(C)(C)C(=O)O)CC(C)S1. The number of hydrogen-bond acceptors (Lipinski definition) is 3. The maximum absolute atomic E-state index is 12.3. The zero-order chi connectivity index (χ0) is 14.1. The first kappa shape index (κ1) is 15.1. The predicted molar refractivity (Wildman–Crippen MR) is 73.0 cm³/mol. The van der Waals surface area contributed by atoms with Gasteiger partial charge in [0, 0.05) is 30.6 Å². The van der Waals surface area contributed by atoms with Crippen molar-refractivity contribution in [2.75, 3.05) is 20.1 Å². The molecule has 0 bridgehead atoms. The topological polar surface area (TPSA) is 60.9 Å². The van der Waals surface area contributed by atoms with Crippen LogP contribution in [-0.2, 0) is 4.79 Å². The molecular weight excluding hydrogens is 252 g/mol. The summed E-state index contributed by atoms with van der Waals surface area (Å²) < 4.78 is 0. The second-order valence-electron chi connectivity index (χ2n) is 5.37. The molecule has 0 radical (unpaired) electrons. The molecule has 2 atom stereocenters. The van der Waals surface area contributed by atoms with E-state index in [1.165, 1.54) is 4.90 Å². The highest BCUT2D eigenvalue weighted by Gasteiger charge is 2.38. The number of thioether (sulfide) groups is 1. The van der Waals surface area contributed by atoms with Crippen LogP contribution in [0.2, 0.25) is 0 Å². The van der Waals surface area contributed by atoms with Gasteiger partial charge in [-0.05, 0) is 13.8 Å². The largest absolute Gasteiger partial charge is 0.480 e. The molecule has 5 nitrogen and oxygen atoms in total. The summed E-state index contributed by atoms with van der Waals surface area (Å²) in [5.41, 5.74) is -1.19. The van der Waals surface area contributed by atoms with Gasteiger partial charge in [-0.15, -0.1) is 0 Å². The number of carboxylic acid groups (broad SMARTS) is 1. The van der Waals surface area contributed by atoms with Crippen LogP contribution in [0, 0.1) is 0 Å². The minimum Gasteiger partial charge on any atom is -0.480 e. The van der Waals surface area contributed by atoms with Crippen LogP contribution >= 0.6 is 11.8 Å². The van der Waals surface area contributed by atoms with Crippen LogP contribution in [0.3, 0.4) is 0 Å². The molecule has 0 aromatic rings. The van der Waals surface area contributed by atoms with Crippen LogP contribution in [0.15, 0.2) is 0 Å². The first-order valence-corrected chi connectivity index (χ1v) is 7.02. The van der Waals surface area contributed by atoms with Gasteiger partial charge in [0.2, 0.25) is 0 Å². The molecule has 1 N–H and O–H groups in total. The molecule has 0 aromatic heterocycles. The summed E-state index contributed by atoms with van der Waals surface area (Å²) >= 11 is 1.86. The smallest absolute Gasteiger partial charge is 0.329 e. The minimum atomic E-state index is -1.19. The van der Waals surface area contributed by atoms with Crippen molar-refractivity contribution in [2.24, 2.45) is 0 Å². The third-order valence-electron chi connectivity index (χ3n) is 3.34. The van der Waals surface area contributed by atoms with E-state index in [2.05, 4.69) is 13.8 Å². The Kier molecular flexibility index (Phi) is 4.53. The number of nitrogens with zero attached hydrogens (tertiary/aromatic N) is 2. The van der Waals surface area contributed by atoms with Gasteiger partial charge in [-0.1, -0.05) is 13.8 Å². The summed E-state index contributed by atoms with van der Waals surface area (Å²) in [6.45, 7) is 8.60. The molecule has 1 aliphatic heterocycles. The lowest BCUT2D eigenvalue weighted by Crippen LogP contribution is -2.57. The molecule has 2 unspecified atom stereocenters. The summed E-state index contributed by atoms with van der Waals surface area (Å²) in [6, 6.07) is -0.207. The standard InChI is InChI=1S/C12H22N2O3S/c1-8-6-14(7-9(2)18-8)11(17)13(5)12(3,4)10(15)16/h8-9H,6-7H2,1-5H3,(H,15,16). The monoisotopic (exact) mass is 274 g/mol. The van der Waals surface area contributed by atoms with Crippen LogP contribution in [0.25, 0.3) is 0 Å². The predicted octanol–water partition coefficient (Wildman–Crippen LogP) is 1.73. The molecular formula is C12H22N2O3S. The summed E-state index contributed by atoms with van der Waals surface area (Å²) in [5, 5.41) is 9.92. The van der Waals surface area contributed by atoms with E-state index in [-0.39, 0.29) is 6.03 Å². The first-order valence-electron chi connectivity index (χ1n) is 6.07. The number of aliphatic carboxylic acids is 1. The number of carbonyl (C=O) groups is 2. The highest BCUT2D eigenvalue weighted by Crippen LogP contribution is 2.26. The number of carboxylic acids is 1. The number of urea groups is 1. The Morgan fingerprint density at radius 3 is 2.11 bits per heavy atom. The minimum absolute atomic E-state index is 0.207. The molecule has 1 rings (SSSR count). The van der Waals surface area contributed by atoms with Gasteiger partial charge in [-0.2, -0.15) is 11.8 Å². The summed E-state index contributed by atoms with van der Waals surface area (Å²) in [6.07, 6.45) is 0. The molecule has 104 valence electrons. The molecule has 0 spiro atoms. The molecule has 1 fully saturated rings. The Balaban J connectivity index is 2.78. The van der Waals surface area contributed by atoms with Crippen LogP contribution in [0.1, 0.15) is 27.7 Å². The highest BCUT2D eigenvalue weighted by atomic mass is 32.2. The van der Waals surface area contributed by atoms with Gasteiger partial charge in [0.25, 0.3) is 0 Å². The lowest BCUT2D eigenvalue weighted by Gasteiger charge is -2.40. The van der Waals surface area contributed by atoms with Crippen LogP contribution < -0.4 is 0 Å². The molecule has 1 saturated heterocycles. The van der Waals surface area contributed by atoms with Crippen molar-refractivity contribution >= 4 is 23.8 Å². The Morgan fingerprint density at radius 1 is 1.28 bits per heavy atom. The Morgan fingerprint density at radius 2 is 1.72 bits per heavy atom. The number of hydrogen-bond donors (Lipinski definition) is 1. The van der Waals surface area contributed by atoms with E-state index in [1.54, 1.807) is 25.8 Å². The van der Waals surface area contributed by atoms with E-state index in [1.807, 2.05) is 11.8 Å². The number of carbonyl (C=O) groups excluding carboxylic acids is 1. The Labute approximate surface area is 113 Å². The van der Waals surface area contributed by atoms with Gasteiger partial charge >= 0.3 is 12.0 Å². The van der Waals surface area contributed by atoms with Crippen molar-refractivity contribution in [3.05, 3.63) is 0 Å². The van der Waals surface area contributed by atoms with E-state index in [4.69, 9.17) is 5.11 Å². The fraction of sp³-hybridized carbons (Fsp3) is 0.833. The van der Waals surface area contributed by atoms with Crippen molar-refractivity contribution < 1.29 is 14.7 Å². The molecule has 6 heteroatoms. The lowest BCUT2D eigenvalue weighted by molar-refractivity contribution is -0.147. The zero-order valence-electron chi connectivity index (χ0n) is 11.6. The number of rotatable bonds is 2. The maximum atomic E-state index is 12.3. The quantitative estimate of drug-likeness (QED) is 0.833. The van der Waals surface area contributed by atoms with Crippen LogP contribution in [-0.4, -0.2) is 63.1 Å². The molecule has 1 aliphatic rings. The fourth-order valence-electron chi connectivity index (χ4n) is 1.93. The van der Waals surface area contributed by atoms with Gasteiger partial charge in [0.15, 0.2) is 0 Å². The molecule has 0 aromatic carbocycles. The van der Waals surface area contributed by atoms with E-state index in [0.29, 0.717) is 23.6 Å². The molecule has 18 heavy (non-hydrogen) atoms. The highest BCUT2D eigenvalue weighted by molar-refractivity contribution is 8.00. The van der Waals surface area contributed by atoms with Gasteiger partial charge in [0.1, 0.15) is 5.54 Å². The molecule has 0 aliphatic carbocycles. The number of likely N-dealkylation sites (N-methyl/N-ethyl adjacent to an activating group) is 1. The van der Waals surface area contributed by atoms with E-state index in [0.717, 1.165) is 0 Å². The average molecular weight is 274 g/mol. The van der Waals surface area contributed by atoms with Gasteiger partial charge in [0.05, 0.1) is 0 Å². The van der Waals surface area contributed by atoms with Crippen molar-refractivity contribution in [3.63, 3.8) is 0 Å². The maximum Gasteiger partial charge on any atom is 0.329 e.